The minimum atomic E-state index is 0.0784. The van der Waals surface area contributed by atoms with Crippen LogP contribution < -0.4 is 10.6 Å². The van der Waals surface area contributed by atoms with Crippen LogP contribution in [0.15, 0.2) is 54.6 Å². The maximum Gasteiger partial charge on any atom is 0.275 e. The summed E-state index contributed by atoms with van der Waals surface area (Å²) in [5.74, 6) is 0.550. The molecule has 0 aliphatic rings. The maximum atomic E-state index is 12.1. The first-order valence-electron chi connectivity index (χ1n) is 8.83. The largest absolute Gasteiger partial charge is 0.347 e. The maximum absolute atomic E-state index is 12.1. The van der Waals surface area contributed by atoms with Crippen LogP contribution in [0.25, 0.3) is 0 Å². The smallest absolute Gasteiger partial charge is 0.275 e. The summed E-state index contributed by atoms with van der Waals surface area (Å²) in [5.41, 5.74) is 3.77. The van der Waals surface area contributed by atoms with Crippen LogP contribution in [0.5, 0.6) is 0 Å². The average Bonchev–Trinajstić information content (AvgIpc) is 2.61. The molecule has 2 rings (SSSR count). The first kappa shape index (κ1) is 18.2. The lowest BCUT2D eigenvalue weighted by molar-refractivity contribution is -0.692. The third-order valence-electron chi connectivity index (χ3n) is 4.38. The summed E-state index contributed by atoms with van der Waals surface area (Å²) in [6.45, 7) is 7.61. The third kappa shape index (κ3) is 5.50. The lowest BCUT2D eigenvalue weighted by atomic mass is 9.95. The van der Waals surface area contributed by atoms with E-state index in [4.69, 9.17) is 0 Å². The van der Waals surface area contributed by atoms with E-state index in [1.165, 1.54) is 11.1 Å². The van der Waals surface area contributed by atoms with Gasteiger partial charge >= 0.3 is 0 Å². The van der Waals surface area contributed by atoms with Gasteiger partial charge in [-0.2, -0.15) is 0 Å². The molecule has 24 heavy (non-hydrogen) atoms. The SMILES string of the molecule is CCc1ccc([C@H]([NH2+]CC(=O)NCc2ccccc2)C(C)C)cc1. The summed E-state index contributed by atoms with van der Waals surface area (Å²) in [4.78, 5) is 12.1. The van der Waals surface area contributed by atoms with Gasteiger partial charge in [-0.1, -0.05) is 75.4 Å². The van der Waals surface area contributed by atoms with Gasteiger partial charge in [0.05, 0.1) is 0 Å². The molecule has 0 aliphatic heterocycles. The quantitative estimate of drug-likeness (QED) is 0.770. The fraction of sp³-hybridized carbons (Fsp3) is 0.381. The summed E-state index contributed by atoms with van der Waals surface area (Å²) < 4.78 is 0. The minimum Gasteiger partial charge on any atom is -0.347 e. The topological polar surface area (TPSA) is 45.7 Å². The van der Waals surface area contributed by atoms with Crippen LogP contribution in [-0.4, -0.2) is 12.5 Å². The molecular weight excluding hydrogens is 296 g/mol. The third-order valence-corrected chi connectivity index (χ3v) is 4.38. The molecule has 0 unspecified atom stereocenters. The van der Waals surface area contributed by atoms with Crippen molar-refractivity contribution >= 4 is 5.91 Å². The molecule has 128 valence electrons. The highest BCUT2D eigenvalue weighted by Gasteiger charge is 2.20. The lowest BCUT2D eigenvalue weighted by Crippen LogP contribution is -2.88. The van der Waals surface area contributed by atoms with Crippen molar-refractivity contribution in [1.29, 1.82) is 0 Å². The molecule has 2 aromatic rings. The number of nitrogens with one attached hydrogen (secondary N) is 1. The normalized spacial score (nSPS) is 12.2. The van der Waals surface area contributed by atoms with Crippen molar-refractivity contribution in [1.82, 2.24) is 5.32 Å². The van der Waals surface area contributed by atoms with Crippen LogP contribution in [0.2, 0.25) is 0 Å². The highest BCUT2D eigenvalue weighted by Crippen LogP contribution is 2.18. The fourth-order valence-corrected chi connectivity index (χ4v) is 2.87. The van der Waals surface area contributed by atoms with Gasteiger partial charge in [-0.15, -0.1) is 0 Å². The number of aryl methyl sites for hydroxylation is 1. The van der Waals surface area contributed by atoms with Crippen LogP contribution in [0.1, 0.15) is 43.5 Å². The molecule has 3 nitrogen and oxygen atoms in total. The Morgan fingerprint density at radius 1 is 1.00 bits per heavy atom. The Hall–Kier alpha value is -2.13. The van der Waals surface area contributed by atoms with E-state index in [0.29, 0.717) is 25.0 Å². The first-order chi connectivity index (χ1) is 11.6. The number of nitrogens with two attached hydrogens (primary N) is 1. The summed E-state index contributed by atoms with van der Waals surface area (Å²) >= 11 is 0. The molecule has 0 heterocycles. The summed E-state index contributed by atoms with van der Waals surface area (Å²) in [6, 6.07) is 19.1. The molecule has 0 aliphatic carbocycles. The molecule has 1 amide bonds. The van der Waals surface area contributed by atoms with Gasteiger partial charge in [0.25, 0.3) is 5.91 Å². The molecule has 0 bridgehead atoms. The molecule has 0 saturated carbocycles. The minimum absolute atomic E-state index is 0.0784. The van der Waals surface area contributed by atoms with E-state index in [1.54, 1.807) is 0 Å². The Labute approximate surface area is 145 Å². The van der Waals surface area contributed by atoms with Crippen LogP contribution >= 0.6 is 0 Å². The molecule has 0 fully saturated rings. The number of hydrogen-bond donors (Lipinski definition) is 2. The number of carbonyl (C=O) groups is 1. The predicted octanol–water partition coefficient (Wildman–Crippen LogP) is 2.83. The molecule has 3 N–H and O–H groups in total. The van der Waals surface area contributed by atoms with Crippen molar-refractivity contribution in [3.63, 3.8) is 0 Å². The van der Waals surface area contributed by atoms with Crippen LogP contribution in [0.3, 0.4) is 0 Å². The molecular formula is C21H29N2O+. The van der Waals surface area contributed by atoms with E-state index in [9.17, 15) is 4.79 Å². The van der Waals surface area contributed by atoms with Gasteiger partial charge in [0.1, 0.15) is 6.04 Å². The molecule has 0 aromatic heterocycles. The number of benzene rings is 2. The summed E-state index contributed by atoms with van der Waals surface area (Å²) in [5, 5.41) is 5.14. The Bertz CT molecular complexity index is 620. The molecule has 0 spiro atoms. The van der Waals surface area contributed by atoms with Gasteiger partial charge in [-0.3, -0.25) is 4.79 Å². The van der Waals surface area contributed by atoms with Gasteiger partial charge in [0, 0.05) is 18.0 Å². The second-order valence-corrected chi connectivity index (χ2v) is 6.57. The van der Waals surface area contributed by atoms with Crippen molar-refractivity contribution in [3.05, 3.63) is 71.3 Å². The zero-order valence-corrected chi connectivity index (χ0v) is 15.0. The second kappa shape index (κ2) is 9.24. The Balaban J connectivity index is 1.87. The highest BCUT2D eigenvalue weighted by molar-refractivity contribution is 5.76. The van der Waals surface area contributed by atoms with Crippen molar-refractivity contribution in [2.75, 3.05) is 6.54 Å². The van der Waals surface area contributed by atoms with Crippen LogP contribution in [0.4, 0.5) is 0 Å². The van der Waals surface area contributed by atoms with E-state index >= 15 is 0 Å². The number of rotatable bonds is 8. The van der Waals surface area contributed by atoms with Crippen molar-refractivity contribution in [2.45, 2.75) is 39.8 Å². The van der Waals surface area contributed by atoms with Crippen molar-refractivity contribution in [2.24, 2.45) is 5.92 Å². The Morgan fingerprint density at radius 3 is 2.25 bits per heavy atom. The van der Waals surface area contributed by atoms with E-state index < -0.39 is 0 Å². The van der Waals surface area contributed by atoms with Gasteiger partial charge < -0.3 is 10.6 Å². The lowest BCUT2D eigenvalue weighted by Gasteiger charge is -2.19. The van der Waals surface area contributed by atoms with Gasteiger partial charge in [0.2, 0.25) is 0 Å². The number of quaternary nitrogens is 1. The summed E-state index contributed by atoms with van der Waals surface area (Å²) in [6.07, 6.45) is 1.05. The summed E-state index contributed by atoms with van der Waals surface area (Å²) in [7, 11) is 0. The van der Waals surface area contributed by atoms with E-state index in [1.807, 2.05) is 30.3 Å². The van der Waals surface area contributed by atoms with E-state index in [2.05, 4.69) is 55.7 Å². The Kier molecular flexibility index (Phi) is 7.01. The first-order valence-corrected chi connectivity index (χ1v) is 8.83. The monoisotopic (exact) mass is 325 g/mol. The van der Waals surface area contributed by atoms with Gasteiger partial charge in [0.15, 0.2) is 6.54 Å². The number of hydrogen-bond acceptors (Lipinski definition) is 1. The van der Waals surface area contributed by atoms with Gasteiger partial charge in [-0.25, -0.2) is 0 Å². The fourth-order valence-electron chi connectivity index (χ4n) is 2.87. The highest BCUT2D eigenvalue weighted by atomic mass is 16.1. The zero-order chi connectivity index (χ0) is 17.4. The number of amides is 1. The second-order valence-electron chi connectivity index (χ2n) is 6.57. The molecule has 2 aromatic carbocycles. The standard InChI is InChI=1S/C21H28N2O/c1-4-17-10-12-19(13-11-17)21(16(2)3)23-15-20(24)22-14-18-8-6-5-7-9-18/h5-13,16,21,23H,4,14-15H2,1-3H3,(H,22,24)/p+1/t21-/m1/s1. The molecule has 0 saturated heterocycles. The molecule has 3 heteroatoms. The van der Waals surface area contributed by atoms with E-state index in [-0.39, 0.29) is 5.91 Å². The van der Waals surface area contributed by atoms with Gasteiger partial charge in [-0.05, 0) is 17.5 Å². The predicted molar refractivity (Wildman–Crippen MR) is 98.5 cm³/mol. The van der Waals surface area contributed by atoms with Crippen LogP contribution in [-0.2, 0) is 17.8 Å². The van der Waals surface area contributed by atoms with Crippen LogP contribution in [0, 0.1) is 5.92 Å². The van der Waals surface area contributed by atoms with E-state index in [0.717, 1.165) is 12.0 Å². The number of carbonyl (C=O) groups excluding carboxylic acids is 1. The molecule has 1 atom stereocenters. The zero-order valence-electron chi connectivity index (χ0n) is 15.0. The average molecular weight is 325 g/mol. The van der Waals surface area contributed by atoms with Crippen molar-refractivity contribution < 1.29 is 10.1 Å². The molecule has 0 radical (unpaired) electrons. The Morgan fingerprint density at radius 2 is 1.67 bits per heavy atom. The van der Waals surface area contributed by atoms with Crippen molar-refractivity contribution in [3.8, 4) is 0 Å².